The summed E-state index contributed by atoms with van der Waals surface area (Å²) in [5.41, 5.74) is 7.01. The number of rotatable bonds is 5. The van der Waals surface area contributed by atoms with E-state index in [1.165, 1.54) is 18.2 Å². The lowest BCUT2D eigenvalue weighted by atomic mass is 10.0. The van der Waals surface area contributed by atoms with Gasteiger partial charge < -0.3 is 16.0 Å². The predicted molar refractivity (Wildman–Crippen MR) is 109 cm³/mol. The first-order valence-electron chi connectivity index (χ1n) is 9.02. The molecule has 1 amide bonds. The van der Waals surface area contributed by atoms with Crippen LogP contribution in [0.3, 0.4) is 0 Å². The largest absolute Gasteiger partial charge is 0.398 e. The van der Waals surface area contributed by atoms with Crippen LogP contribution in [0.4, 0.5) is 11.4 Å². The van der Waals surface area contributed by atoms with Crippen LogP contribution in [0.1, 0.15) is 35.3 Å². The quantitative estimate of drug-likeness (QED) is 0.449. The van der Waals surface area contributed by atoms with E-state index in [4.69, 9.17) is 5.73 Å². The third-order valence-electron chi connectivity index (χ3n) is 4.78. The average molecular weight is 406 g/mol. The molecule has 1 unspecified atom stereocenters. The van der Waals surface area contributed by atoms with E-state index >= 15 is 0 Å². The number of nitro benzene ring substituents is 1. The summed E-state index contributed by atoms with van der Waals surface area (Å²) in [5.74, 6) is -0.297. The maximum Gasteiger partial charge on any atom is 0.270 e. The highest BCUT2D eigenvalue weighted by molar-refractivity contribution is 6.00. The van der Waals surface area contributed by atoms with Crippen LogP contribution < -0.4 is 11.1 Å². The number of hydrogen-bond donors (Lipinski definition) is 2. The molecular weight excluding hydrogens is 382 g/mol. The number of amides is 1. The van der Waals surface area contributed by atoms with Gasteiger partial charge in [0.1, 0.15) is 0 Å². The zero-order chi connectivity index (χ0) is 19.2. The van der Waals surface area contributed by atoms with E-state index in [1.54, 1.807) is 11.1 Å². The Morgan fingerprint density at radius 2 is 2.11 bits per heavy atom. The number of anilines is 1. The third kappa shape index (κ3) is 5.17. The van der Waals surface area contributed by atoms with Gasteiger partial charge >= 0.3 is 0 Å². The minimum absolute atomic E-state index is 0. The number of nitrogens with one attached hydrogen (secondary N) is 1. The fourth-order valence-corrected chi connectivity index (χ4v) is 3.34. The molecule has 2 aromatic rings. The Balaban J connectivity index is 0.00000280. The molecular formula is C19H24ClN5O3. The minimum atomic E-state index is -0.519. The van der Waals surface area contributed by atoms with Crippen molar-refractivity contribution < 1.29 is 9.72 Å². The number of non-ortho nitro benzene ring substituents is 1. The zero-order valence-electron chi connectivity index (χ0n) is 15.4. The summed E-state index contributed by atoms with van der Waals surface area (Å²) in [6.07, 6.45) is 4.32. The summed E-state index contributed by atoms with van der Waals surface area (Å²) in [5, 5.41) is 14.5. The molecule has 3 N–H and O–H groups in total. The normalized spacial score (nSPS) is 16.5. The number of nitro groups is 1. The number of aromatic nitrogens is 1. The van der Waals surface area contributed by atoms with Crippen LogP contribution in [0.5, 0.6) is 0 Å². The number of nitrogens with zero attached hydrogens (tertiary/aromatic N) is 3. The van der Waals surface area contributed by atoms with E-state index in [1.807, 2.05) is 18.2 Å². The highest BCUT2D eigenvalue weighted by Crippen LogP contribution is 2.25. The van der Waals surface area contributed by atoms with Gasteiger partial charge in [-0.2, -0.15) is 0 Å². The monoisotopic (exact) mass is 405 g/mol. The topological polar surface area (TPSA) is 114 Å². The van der Waals surface area contributed by atoms with Crippen molar-refractivity contribution >= 4 is 29.7 Å². The highest BCUT2D eigenvalue weighted by atomic mass is 35.5. The molecule has 1 aromatic heterocycles. The van der Waals surface area contributed by atoms with E-state index < -0.39 is 4.92 Å². The molecule has 0 bridgehead atoms. The standard InChI is InChI=1S/C19H23N5O3.ClH/c20-18-7-6-16(24(26)27)12-17(18)19(25)23(13-14-4-1-2-10-22-14)15-5-3-9-21-11-8-15;/h1-2,4,6-7,10,12,15,21H,3,5,8-9,11,13,20H2;1H. The van der Waals surface area contributed by atoms with Crippen molar-refractivity contribution in [3.8, 4) is 0 Å². The number of nitrogen functional groups attached to an aromatic ring is 1. The summed E-state index contributed by atoms with van der Waals surface area (Å²) in [7, 11) is 0. The third-order valence-corrected chi connectivity index (χ3v) is 4.78. The number of halogens is 1. The molecule has 1 aromatic carbocycles. The number of hydrogen-bond acceptors (Lipinski definition) is 6. The van der Waals surface area contributed by atoms with Crippen LogP contribution >= 0.6 is 12.4 Å². The second-order valence-electron chi connectivity index (χ2n) is 6.62. The van der Waals surface area contributed by atoms with Crippen molar-refractivity contribution in [2.45, 2.75) is 31.8 Å². The van der Waals surface area contributed by atoms with E-state index in [9.17, 15) is 14.9 Å². The predicted octanol–water partition coefficient (Wildman–Crippen LogP) is 2.78. The minimum Gasteiger partial charge on any atom is -0.398 e. The summed E-state index contributed by atoms with van der Waals surface area (Å²) < 4.78 is 0. The van der Waals surface area contributed by atoms with Crippen molar-refractivity contribution in [1.29, 1.82) is 0 Å². The SMILES string of the molecule is Cl.Nc1ccc([N+](=O)[O-])cc1C(=O)N(Cc1ccccn1)C1CCCNCC1. The molecule has 0 saturated carbocycles. The van der Waals surface area contributed by atoms with Gasteiger partial charge in [-0.3, -0.25) is 19.9 Å². The number of carbonyl (C=O) groups is 1. The Bertz CT molecular complexity index is 810. The molecule has 0 aliphatic carbocycles. The second-order valence-corrected chi connectivity index (χ2v) is 6.62. The van der Waals surface area contributed by atoms with Gasteiger partial charge in [-0.1, -0.05) is 6.07 Å². The smallest absolute Gasteiger partial charge is 0.270 e. The van der Waals surface area contributed by atoms with Gasteiger partial charge in [-0.15, -0.1) is 12.4 Å². The number of benzene rings is 1. The highest BCUT2D eigenvalue weighted by Gasteiger charge is 2.28. The van der Waals surface area contributed by atoms with Gasteiger partial charge in [0.25, 0.3) is 11.6 Å². The van der Waals surface area contributed by atoms with Gasteiger partial charge in [0.05, 0.1) is 22.7 Å². The average Bonchev–Trinajstić information content (AvgIpc) is 2.96. The second kappa shape index (κ2) is 10.0. The molecule has 28 heavy (non-hydrogen) atoms. The maximum absolute atomic E-state index is 13.3. The molecule has 150 valence electrons. The molecule has 2 heterocycles. The lowest BCUT2D eigenvalue weighted by Crippen LogP contribution is -2.40. The fraction of sp³-hybridized carbons (Fsp3) is 0.368. The van der Waals surface area contributed by atoms with Gasteiger partial charge in [0.15, 0.2) is 0 Å². The van der Waals surface area contributed by atoms with Crippen LogP contribution in [0.15, 0.2) is 42.6 Å². The molecule has 1 atom stereocenters. The van der Waals surface area contributed by atoms with E-state index in [2.05, 4.69) is 10.3 Å². The molecule has 1 aliphatic heterocycles. The number of carbonyl (C=O) groups excluding carboxylic acids is 1. The van der Waals surface area contributed by atoms with E-state index in [0.29, 0.717) is 6.54 Å². The Morgan fingerprint density at radius 3 is 2.82 bits per heavy atom. The van der Waals surface area contributed by atoms with E-state index in [0.717, 1.165) is 38.0 Å². The Morgan fingerprint density at radius 1 is 1.29 bits per heavy atom. The first-order chi connectivity index (χ1) is 13.1. The maximum atomic E-state index is 13.3. The Hall–Kier alpha value is -2.71. The lowest BCUT2D eigenvalue weighted by molar-refractivity contribution is -0.384. The van der Waals surface area contributed by atoms with Crippen molar-refractivity contribution in [3.63, 3.8) is 0 Å². The molecule has 0 spiro atoms. The fourth-order valence-electron chi connectivity index (χ4n) is 3.34. The molecule has 0 radical (unpaired) electrons. The zero-order valence-corrected chi connectivity index (χ0v) is 16.2. The van der Waals surface area contributed by atoms with Crippen LogP contribution in [0.2, 0.25) is 0 Å². The van der Waals surface area contributed by atoms with Gasteiger partial charge in [-0.05, 0) is 50.6 Å². The summed E-state index contributed by atoms with van der Waals surface area (Å²) in [4.78, 5) is 30.0. The van der Waals surface area contributed by atoms with Gasteiger partial charge in [0.2, 0.25) is 0 Å². The van der Waals surface area contributed by atoms with Crippen molar-refractivity contribution in [2.75, 3.05) is 18.8 Å². The van der Waals surface area contributed by atoms with Gasteiger partial charge in [0, 0.05) is 30.1 Å². The van der Waals surface area contributed by atoms with Crippen molar-refractivity contribution in [3.05, 3.63) is 64.0 Å². The summed E-state index contributed by atoms with van der Waals surface area (Å²) in [6, 6.07) is 9.58. The number of nitrogens with two attached hydrogens (primary N) is 1. The van der Waals surface area contributed by atoms with Crippen LogP contribution in [0, 0.1) is 10.1 Å². The molecule has 1 aliphatic rings. The van der Waals surface area contributed by atoms with Crippen LogP contribution in [0.25, 0.3) is 0 Å². The van der Waals surface area contributed by atoms with Crippen molar-refractivity contribution in [2.24, 2.45) is 0 Å². The summed E-state index contributed by atoms with van der Waals surface area (Å²) in [6.45, 7) is 2.08. The first kappa shape index (κ1) is 21.6. The molecule has 3 rings (SSSR count). The van der Waals surface area contributed by atoms with Gasteiger partial charge in [-0.25, -0.2) is 0 Å². The Labute approximate surface area is 169 Å². The molecule has 9 heteroatoms. The number of pyridine rings is 1. The molecule has 1 saturated heterocycles. The molecule has 1 fully saturated rings. The lowest BCUT2D eigenvalue weighted by Gasteiger charge is -2.31. The summed E-state index contributed by atoms with van der Waals surface area (Å²) >= 11 is 0. The van der Waals surface area contributed by atoms with E-state index in [-0.39, 0.29) is 41.3 Å². The first-order valence-corrected chi connectivity index (χ1v) is 9.02. The van der Waals surface area contributed by atoms with Crippen molar-refractivity contribution in [1.82, 2.24) is 15.2 Å². The molecule has 8 nitrogen and oxygen atoms in total. The van der Waals surface area contributed by atoms with Crippen LogP contribution in [-0.4, -0.2) is 39.8 Å². The Kier molecular flexibility index (Phi) is 7.71. The van der Waals surface area contributed by atoms with Crippen LogP contribution in [-0.2, 0) is 6.54 Å².